The molecule has 2 fully saturated rings. The SMILES string of the molecule is CC(=O)c1nn(CC(=O)N2C(C(=O)Nc3cccc(Cl)n3)CC3CCCC32)c2ccc(Br)cc12. The highest BCUT2D eigenvalue weighted by atomic mass is 79.9. The van der Waals surface area contributed by atoms with Crippen LogP contribution in [0.15, 0.2) is 40.9 Å². The Labute approximate surface area is 209 Å². The number of nitrogens with zero attached hydrogens (tertiary/aromatic N) is 4. The van der Waals surface area contributed by atoms with E-state index in [1.165, 1.54) is 6.92 Å². The zero-order chi connectivity index (χ0) is 24.0. The van der Waals surface area contributed by atoms with Gasteiger partial charge in [0.05, 0.1) is 5.52 Å². The van der Waals surface area contributed by atoms with Gasteiger partial charge in [-0.3, -0.25) is 19.1 Å². The number of halogens is 2. The maximum absolute atomic E-state index is 13.6. The maximum atomic E-state index is 13.6. The summed E-state index contributed by atoms with van der Waals surface area (Å²) in [5.41, 5.74) is 1.03. The zero-order valence-electron chi connectivity index (χ0n) is 18.5. The van der Waals surface area contributed by atoms with Gasteiger partial charge in [0, 0.05) is 22.8 Å². The summed E-state index contributed by atoms with van der Waals surface area (Å²) in [5.74, 6) is 0.0339. The lowest BCUT2D eigenvalue weighted by atomic mass is 10.0. The number of anilines is 1. The molecule has 0 spiro atoms. The molecule has 10 heteroatoms. The van der Waals surface area contributed by atoms with E-state index in [0.717, 1.165) is 23.7 Å². The predicted octanol–water partition coefficient (Wildman–Crippen LogP) is 4.46. The van der Waals surface area contributed by atoms with E-state index < -0.39 is 6.04 Å². The molecule has 3 heterocycles. The molecule has 0 radical (unpaired) electrons. The fourth-order valence-electron chi connectivity index (χ4n) is 5.31. The van der Waals surface area contributed by atoms with E-state index >= 15 is 0 Å². The molecule has 5 rings (SSSR count). The van der Waals surface area contributed by atoms with Crippen LogP contribution in [0.5, 0.6) is 0 Å². The molecule has 176 valence electrons. The first-order valence-electron chi connectivity index (χ1n) is 11.2. The van der Waals surface area contributed by atoms with Crippen molar-refractivity contribution in [1.82, 2.24) is 19.7 Å². The molecule has 3 aromatic rings. The third-order valence-electron chi connectivity index (χ3n) is 6.73. The van der Waals surface area contributed by atoms with Gasteiger partial charge in [-0.05, 0) is 55.5 Å². The molecule has 8 nitrogen and oxygen atoms in total. The van der Waals surface area contributed by atoms with E-state index in [0.29, 0.717) is 34.8 Å². The standard InChI is InChI=1S/C24H23BrClN5O3/c1-13(32)23-16-11-15(25)8-9-18(16)30(29-23)12-22(33)31-17-5-2-4-14(17)10-19(31)24(34)28-21-7-3-6-20(26)27-21/h3,6-9,11,14,17,19H,2,4-5,10,12H2,1H3,(H,27,28,34). The van der Waals surface area contributed by atoms with Crippen LogP contribution in [0, 0.1) is 5.92 Å². The van der Waals surface area contributed by atoms with E-state index in [-0.39, 0.29) is 35.3 Å². The average Bonchev–Trinajstić information content (AvgIpc) is 3.46. The fourth-order valence-corrected chi connectivity index (χ4v) is 5.84. The molecule has 1 aromatic carbocycles. The minimum absolute atomic E-state index is 0.0267. The number of fused-ring (bicyclic) bond motifs is 2. The van der Waals surface area contributed by atoms with Crippen molar-refractivity contribution < 1.29 is 14.4 Å². The number of carbonyl (C=O) groups is 3. The van der Waals surface area contributed by atoms with Crippen LogP contribution in [0.4, 0.5) is 5.82 Å². The number of nitrogens with one attached hydrogen (secondary N) is 1. The first-order chi connectivity index (χ1) is 16.3. The van der Waals surface area contributed by atoms with Crippen molar-refractivity contribution in [3.05, 3.63) is 51.7 Å². The summed E-state index contributed by atoms with van der Waals surface area (Å²) in [7, 11) is 0. The Morgan fingerprint density at radius 3 is 2.79 bits per heavy atom. The van der Waals surface area contributed by atoms with Crippen LogP contribution >= 0.6 is 27.5 Å². The molecule has 1 N–H and O–H groups in total. The van der Waals surface area contributed by atoms with Crippen molar-refractivity contribution in [1.29, 1.82) is 0 Å². The minimum Gasteiger partial charge on any atom is -0.326 e. The number of ketones is 1. The number of benzene rings is 1. The molecule has 1 aliphatic heterocycles. The number of Topliss-reactive ketones (excluding diaryl/α,β-unsaturated/α-hetero) is 1. The highest BCUT2D eigenvalue weighted by molar-refractivity contribution is 9.10. The number of aromatic nitrogens is 3. The molecule has 1 aliphatic carbocycles. The predicted molar refractivity (Wildman–Crippen MR) is 132 cm³/mol. The molecule has 0 bridgehead atoms. The van der Waals surface area contributed by atoms with Gasteiger partial charge in [0.25, 0.3) is 0 Å². The van der Waals surface area contributed by atoms with Crippen LogP contribution in [0.2, 0.25) is 5.15 Å². The third kappa shape index (κ3) is 4.22. The van der Waals surface area contributed by atoms with Gasteiger partial charge in [0.15, 0.2) is 5.78 Å². The minimum atomic E-state index is -0.591. The van der Waals surface area contributed by atoms with E-state index in [1.807, 2.05) is 18.2 Å². The quantitative estimate of drug-likeness (QED) is 0.378. The highest BCUT2D eigenvalue weighted by Gasteiger charge is 2.48. The fraction of sp³-hybridized carbons (Fsp3) is 0.375. The maximum Gasteiger partial charge on any atom is 0.248 e. The van der Waals surface area contributed by atoms with Gasteiger partial charge < -0.3 is 10.2 Å². The smallest absolute Gasteiger partial charge is 0.248 e. The van der Waals surface area contributed by atoms with Gasteiger partial charge in [-0.1, -0.05) is 40.0 Å². The molecule has 34 heavy (non-hydrogen) atoms. The normalized spacial score (nSPS) is 21.6. The Morgan fingerprint density at radius 1 is 1.21 bits per heavy atom. The van der Waals surface area contributed by atoms with Crippen LogP contribution in [-0.4, -0.2) is 49.3 Å². The number of carbonyl (C=O) groups excluding carboxylic acids is 3. The molecule has 2 amide bonds. The topological polar surface area (TPSA) is 97.2 Å². The van der Waals surface area contributed by atoms with E-state index in [1.54, 1.807) is 27.8 Å². The van der Waals surface area contributed by atoms with Crippen LogP contribution in [0.3, 0.4) is 0 Å². The average molecular weight is 545 g/mol. The summed E-state index contributed by atoms with van der Waals surface area (Å²) >= 11 is 9.39. The summed E-state index contributed by atoms with van der Waals surface area (Å²) in [4.78, 5) is 44.9. The molecule has 1 saturated heterocycles. The first-order valence-corrected chi connectivity index (χ1v) is 12.4. The van der Waals surface area contributed by atoms with Crippen LogP contribution in [0.1, 0.15) is 43.1 Å². The van der Waals surface area contributed by atoms with Crippen molar-refractivity contribution >= 4 is 61.8 Å². The van der Waals surface area contributed by atoms with E-state index in [2.05, 4.69) is 31.3 Å². The Hall–Kier alpha value is -2.78. The van der Waals surface area contributed by atoms with Gasteiger partial charge in [0.2, 0.25) is 11.8 Å². The Balaban J connectivity index is 1.43. The first kappa shape index (κ1) is 23.0. The van der Waals surface area contributed by atoms with Crippen molar-refractivity contribution in [2.24, 2.45) is 5.92 Å². The molecular weight excluding hydrogens is 522 g/mol. The highest BCUT2D eigenvalue weighted by Crippen LogP contribution is 2.42. The van der Waals surface area contributed by atoms with Gasteiger partial charge >= 0.3 is 0 Å². The van der Waals surface area contributed by atoms with Gasteiger partial charge in [0.1, 0.15) is 29.3 Å². The summed E-state index contributed by atoms with van der Waals surface area (Å²) in [6.45, 7) is 1.41. The van der Waals surface area contributed by atoms with Gasteiger partial charge in [-0.15, -0.1) is 0 Å². The monoisotopic (exact) mass is 543 g/mol. The van der Waals surface area contributed by atoms with Gasteiger partial charge in [-0.25, -0.2) is 4.98 Å². The summed E-state index contributed by atoms with van der Waals surface area (Å²) in [6.07, 6.45) is 3.53. The summed E-state index contributed by atoms with van der Waals surface area (Å²) in [5, 5.41) is 8.24. The largest absolute Gasteiger partial charge is 0.326 e. The molecule has 3 unspecified atom stereocenters. The molecular formula is C24H23BrClN5O3. The number of pyridine rings is 1. The summed E-state index contributed by atoms with van der Waals surface area (Å²) < 4.78 is 2.39. The second-order valence-electron chi connectivity index (χ2n) is 8.87. The van der Waals surface area contributed by atoms with Crippen molar-refractivity contribution in [2.75, 3.05) is 5.32 Å². The number of rotatable bonds is 5. The van der Waals surface area contributed by atoms with Crippen LogP contribution < -0.4 is 5.32 Å². The van der Waals surface area contributed by atoms with E-state index in [4.69, 9.17) is 11.6 Å². The Bertz CT molecular complexity index is 1310. The second kappa shape index (κ2) is 9.11. The third-order valence-corrected chi connectivity index (χ3v) is 7.43. The number of hydrogen-bond donors (Lipinski definition) is 1. The molecule has 2 aliphatic rings. The number of likely N-dealkylation sites (tertiary alicyclic amines) is 1. The van der Waals surface area contributed by atoms with Crippen LogP contribution in [-0.2, 0) is 16.1 Å². The summed E-state index contributed by atoms with van der Waals surface area (Å²) in [6, 6.07) is 9.97. The van der Waals surface area contributed by atoms with Crippen molar-refractivity contribution in [2.45, 2.75) is 51.2 Å². The number of hydrogen-bond acceptors (Lipinski definition) is 5. The lowest BCUT2D eigenvalue weighted by molar-refractivity contribution is -0.139. The van der Waals surface area contributed by atoms with Crippen molar-refractivity contribution in [3.8, 4) is 0 Å². The Morgan fingerprint density at radius 2 is 2.03 bits per heavy atom. The number of amides is 2. The molecule has 2 aromatic heterocycles. The molecule has 3 atom stereocenters. The van der Waals surface area contributed by atoms with E-state index in [9.17, 15) is 14.4 Å². The zero-order valence-corrected chi connectivity index (χ0v) is 20.8. The molecule has 1 saturated carbocycles. The van der Waals surface area contributed by atoms with Gasteiger partial charge in [-0.2, -0.15) is 5.10 Å². The second-order valence-corrected chi connectivity index (χ2v) is 10.2. The van der Waals surface area contributed by atoms with Crippen LogP contribution in [0.25, 0.3) is 10.9 Å². The lowest BCUT2D eigenvalue weighted by Gasteiger charge is -2.29. The lowest BCUT2D eigenvalue weighted by Crippen LogP contribution is -2.48. The Kier molecular flexibility index (Phi) is 6.16. The van der Waals surface area contributed by atoms with Crippen molar-refractivity contribution in [3.63, 3.8) is 0 Å².